The summed E-state index contributed by atoms with van der Waals surface area (Å²) in [4.78, 5) is 39.9. The molecule has 0 saturated heterocycles. The number of nitrogens with one attached hydrogen (secondary N) is 1. The molecule has 0 aromatic heterocycles. The Kier molecular flexibility index (Phi) is 4.18. The van der Waals surface area contributed by atoms with Crippen LogP contribution in [0.1, 0.15) is 27.6 Å². The van der Waals surface area contributed by atoms with Gasteiger partial charge in [-0.05, 0) is 19.1 Å². The van der Waals surface area contributed by atoms with E-state index in [-0.39, 0.29) is 23.4 Å². The maximum atomic E-state index is 12.2. The summed E-state index contributed by atoms with van der Waals surface area (Å²) >= 11 is 0. The maximum absolute atomic E-state index is 12.2. The molecule has 0 saturated carbocycles. The molecule has 0 spiro atoms. The molecule has 3 amide bonds. The highest BCUT2D eigenvalue weighted by Gasteiger charge is 2.40. The van der Waals surface area contributed by atoms with Crippen LogP contribution in [0.2, 0.25) is 0 Å². The molecular formula is C14H13N4O4+. The van der Waals surface area contributed by atoms with E-state index < -0.39 is 23.8 Å². The van der Waals surface area contributed by atoms with Gasteiger partial charge in [-0.15, -0.1) is 0 Å². The molecule has 2 N–H and O–H groups in total. The third-order valence-corrected chi connectivity index (χ3v) is 3.24. The molecule has 1 aromatic rings. The maximum Gasteiger partial charge on any atom is 0.389 e. The van der Waals surface area contributed by atoms with Crippen LogP contribution in [0.25, 0.3) is 4.98 Å². The number of imide groups is 1. The summed E-state index contributed by atoms with van der Waals surface area (Å²) in [6, 6.07) is 5.29. The van der Waals surface area contributed by atoms with Gasteiger partial charge in [-0.3, -0.25) is 19.3 Å². The number of aliphatic hydroxyl groups excluding tert-OH is 1. The van der Waals surface area contributed by atoms with Crippen LogP contribution in [0.4, 0.5) is 0 Å². The number of rotatable bonds is 4. The van der Waals surface area contributed by atoms with Gasteiger partial charge >= 0.3 is 6.20 Å². The van der Waals surface area contributed by atoms with Crippen molar-refractivity contribution in [3.63, 3.8) is 0 Å². The summed E-state index contributed by atoms with van der Waals surface area (Å²) in [5.41, 5.74) is 0.517. The first-order chi connectivity index (χ1) is 10.5. The number of amides is 3. The normalized spacial score (nSPS) is 15.3. The fourth-order valence-electron chi connectivity index (χ4n) is 2.11. The van der Waals surface area contributed by atoms with E-state index in [1.807, 2.05) is 0 Å². The minimum atomic E-state index is -1.04. The molecule has 1 atom stereocenters. The molecule has 0 aliphatic carbocycles. The monoisotopic (exact) mass is 301 g/mol. The predicted molar refractivity (Wildman–Crippen MR) is 75.2 cm³/mol. The summed E-state index contributed by atoms with van der Waals surface area (Å²) < 4.78 is 0. The number of benzene rings is 1. The lowest BCUT2D eigenvalue weighted by Gasteiger charge is -2.21. The lowest BCUT2D eigenvalue weighted by molar-refractivity contribution is -0.124. The summed E-state index contributed by atoms with van der Waals surface area (Å²) in [6.45, 7) is 1.13. The first-order valence-corrected chi connectivity index (χ1v) is 6.44. The molecule has 1 aromatic carbocycles. The van der Waals surface area contributed by atoms with Crippen molar-refractivity contribution in [2.75, 3.05) is 6.54 Å². The Balaban J connectivity index is 2.11. The number of fused-ring (bicyclic) bond motifs is 1. The molecule has 22 heavy (non-hydrogen) atoms. The Labute approximate surface area is 125 Å². The lowest BCUT2D eigenvalue weighted by atomic mass is 10.1. The molecular weight excluding hydrogens is 288 g/mol. The Bertz CT molecular complexity index is 685. The van der Waals surface area contributed by atoms with Crippen LogP contribution in [0.15, 0.2) is 36.2 Å². The fourth-order valence-corrected chi connectivity index (χ4v) is 2.11. The standard InChI is InChI=1S/C14H12N4O4/c1-8(12(20)16-6-9(19)7-17-15)18-13(21)10-4-2-3-5-11(10)14(18)22/h2-5,7-8H,6H2,1H3,(H-,16,19,20)/p+1. The largest absolute Gasteiger partial charge is 0.504 e. The number of carbonyl (C=O) groups excluding carboxylic acids is 3. The highest BCUT2D eigenvalue weighted by molar-refractivity contribution is 6.22. The summed E-state index contributed by atoms with van der Waals surface area (Å²) in [6.07, 6.45) is 0.757. The Morgan fingerprint density at radius 2 is 1.91 bits per heavy atom. The van der Waals surface area contributed by atoms with Gasteiger partial charge in [-0.2, -0.15) is 0 Å². The van der Waals surface area contributed by atoms with Gasteiger partial charge in [0, 0.05) is 0 Å². The highest BCUT2D eigenvalue weighted by Crippen LogP contribution is 2.24. The third kappa shape index (κ3) is 2.64. The van der Waals surface area contributed by atoms with Crippen LogP contribution in [-0.2, 0) is 4.79 Å². The second-order valence-corrected chi connectivity index (χ2v) is 4.66. The van der Waals surface area contributed by atoms with Crippen molar-refractivity contribution < 1.29 is 19.5 Å². The van der Waals surface area contributed by atoms with Gasteiger partial charge in [0.1, 0.15) is 6.04 Å². The van der Waals surface area contributed by atoms with Crippen molar-refractivity contribution in [1.82, 2.24) is 10.2 Å². The molecule has 1 aliphatic rings. The van der Waals surface area contributed by atoms with Gasteiger partial charge in [0.2, 0.25) is 11.3 Å². The van der Waals surface area contributed by atoms with E-state index in [4.69, 9.17) is 5.39 Å². The van der Waals surface area contributed by atoms with Crippen LogP contribution >= 0.6 is 0 Å². The second kappa shape index (κ2) is 6.05. The molecule has 0 fully saturated rings. The van der Waals surface area contributed by atoms with E-state index in [0.717, 1.165) is 11.1 Å². The van der Waals surface area contributed by atoms with E-state index in [1.54, 1.807) is 12.1 Å². The zero-order valence-corrected chi connectivity index (χ0v) is 11.7. The summed E-state index contributed by atoms with van der Waals surface area (Å²) in [5, 5.41) is 19.8. The minimum absolute atomic E-state index is 0.258. The SMILES string of the molecule is CC(C(=O)NCC(O)=C[N+]#N)N1C(=O)c2ccccc2C1=O. The Morgan fingerprint density at radius 3 is 2.41 bits per heavy atom. The zero-order valence-electron chi connectivity index (χ0n) is 11.7. The van der Waals surface area contributed by atoms with Crippen molar-refractivity contribution in [2.24, 2.45) is 0 Å². The first-order valence-electron chi connectivity index (χ1n) is 6.44. The average molecular weight is 301 g/mol. The van der Waals surface area contributed by atoms with Gasteiger partial charge in [-0.25, -0.2) is 0 Å². The number of hydrogen-bond acceptors (Lipinski definition) is 5. The van der Waals surface area contributed by atoms with Crippen LogP contribution in [0.5, 0.6) is 0 Å². The topological polar surface area (TPSA) is 115 Å². The van der Waals surface area contributed by atoms with Crippen molar-refractivity contribution in [2.45, 2.75) is 13.0 Å². The molecule has 112 valence electrons. The molecule has 0 bridgehead atoms. The predicted octanol–water partition coefficient (Wildman–Crippen LogP) is 1.04. The number of carbonyl (C=O) groups is 3. The third-order valence-electron chi connectivity index (χ3n) is 3.24. The average Bonchev–Trinajstić information content (AvgIpc) is 2.76. The Morgan fingerprint density at radius 1 is 1.36 bits per heavy atom. The van der Waals surface area contributed by atoms with Crippen LogP contribution in [0.3, 0.4) is 0 Å². The van der Waals surface area contributed by atoms with E-state index >= 15 is 0 Å². The van der Waals surface area contributed by atoms with E-state index in [0.29, 0.717) is 0 Å². The number of nitrogens with zero attached hydrogens (tertiary/aromatic N) is 3. The number of diazo groups is 1. The molecule has 8 nitrogen and oxygen atoms in total. The smallest absolute Gasteiger partial charge is 0.389 e. The van der Waals surface area contributed by atoms with Crippen molar-refractivity contribution >= 4 is 17.7 Å². The summed E-state index contributed by atoms with van der Waals surface area (Å²) in [5.74, 6) is -2.06. The molecule has 1 unspecified atom stereocenters. The van der Waals surface area contributed by atoms with Crippen LogP contribution < -0.4 is 5.32 Å². The van der Waals surface area contributed by atoms with Crippen LogP contribution in [0, 0.1) is 5.39 Å². The molecule has 2 rings (SSSR count). The van der Waals surface area contributed by atoms with Gasteiger partial charge in [0.05, 0.1) is 17.7 Å². The fraction of sp³-hybridized carbons (Fsp3) is 0.214. The van der Waals surface area contributed by atoms with Gasteiger partial charge in [-0.1, -0.05) is 12.1 Å². The molecule has 0 radical (unpaired) electrons. The van der Waals surface area contributed by atoms with Crippen LogP contribution in [-0.4, -0.2) is 40.3 Å². The Hall–Kier alpha value is -3.21. The quantitative estimate of drug-likeness (QED) is 0.490. The van der Waals surface area contributed by atoms with E-state index in [1.165, 1.54) is 19.1 Å². The van der Waals surface area contributed by atoms with Gasteiger partial charge in [0.15, 0.2) is 10.7 Å². The highest BCUT2D eigenvalue weighted by atomic mass is 16.3. The number of aliphatic hydroxyl groups is 1. The summed E-state index contributed by atoms with van der Waals surface area (Å²) in [7, 11) is 0. The lowest BCUT2D eigenvalue weighted by Crippen LogP contribution is -2.48. The first kappa shape index (κ1) is 15.2. The van der Waals surface area contributed by atoms with Crippen molar-refractivity contribution in [1.29, 1.82) is 5.39 Å². The number of hydrogen-bond donors (Lipinski definition) is 2. The molecule has 1 heterocycles. The molecule has 1 aliphatic heterocycles. The van der Waals surface area contributed by atoms with Gasteiger partial charge < -0.3 is 10.4 Å². The minimum Gasteiger partial charge on any atom is -0.504 e. The van der Waals surface area contributed by atoms with Gasteiger partial charge in [0.25, 0.3) is 11.8 Å². The molecule has 8 heteroatoms. The zero-order chi connectivity index (χ0) is 16.3. The van der Waals surface area contributed by atoms with Crippen molar-refractivity contribution in [3.05, 3.63) is 52.3 Å². The van der Waals surface area contributed by atoms with Crippen molar-refractivity contribution in [3.8, 4) is 0 Å². The van der Waals surface area contributed by atoms with E-state index in [9.17, 15) is 19.5 Å². The van der Waals surface area contributed by atoms with E-state index in [2.05, 4.69) is 10.3 Å². The second-order valence-electron chi connectivity index (χ2n) is 4.66.